The highest BCUT2D eigenvalue weighted by Crippen LogP contribution is 2.26. The number of fused-ring (bicyclic) bond motifs is 1. The molecule has 0 spiro atoms. The van der Waals surface area contributed by atoms with E-state index < -0.39 is 6.03 Å². The highest BCUT2D eigenvalue weighted by atomic mass is 32.1. The van der Waals surface area contributed by atoms with Crippen molar-refractivity contribution in [3.63, 3.8) is 0 Å². The average molecular weight is 254 g/mol. The molecule has 4 N–H and O–H groups in total. The minimum absolute atomic E-state index is 0.275. The number of hydrogen-bond donors (Lipinski definition) is 3. The van der Waals surface area contributed by atoms with Gasteiger partial charge in [-0.15, -0.1) is 0 Å². The lowest BCUT2D eigenvalue weighted by Gasteiger charge is -2.01. The van der Waals surface area contributed by atoms with Gasteiger partial charge in [-0.3, -0.25) is 0 Å². The van der Waals surface area contributed by atoms with Crippen LogP contribution in [0.3, 0.4) is 0 Å². The largest absolute Gasteiger partial charge is 0.360 e. The number of aromatic nitrogens is 1. The molecule has 0 fully saturated rings. The van der Waals surface area contributed by atoms with Crippen molar-refractivity contribution in [2.24, 2.45) is 5.73 Å². The molecular formula is C10H11FN4OS. The molecule has 2 rings (SSSR count). The van der Waals surface area contributed by atoms with Crippen LogP contribution in [0.15, 0.2) is 18.2 Å². The topological polar surface area (TPSA) is 80.0 Å². The highest BCUT2D eigenvalue weighted by Gasteiger charge is 2.04. The van der Waals surface area contributed by atoms with Crippen molar-refractivity contribution in [2.75, 3.05) is 18.4 Å². The summed E-state index contributed by atoms with van der Waals surface area (Å²) in [6.07, 6.45) is 0. The number of nitrogens with two attached hydrogens (primary N) is 1. The fourth-order valence-electron chi connectivity index (χ4n) is 1.33. The van der Waals surface area contributed by atoms with E-state index in [-0.39, 0.29) is 5.82 Å². The molecule has 0 radical (unpaired) electrons. The summed E-state index contributed by atoms with van der Waals surface area (Å²) in [5.41, 5.74) is 5.67. The van der Waals surface area contributed by atoms with E-state index in [1.165, 1.54) is 23.5 Å². The number of nitrogens with one attached hydrogen (secondary N) is 2. The first kappa shape index (κ1) is 11.6. The fourth-order valence-corrected chi connectivity index (χ4v) is 2.25. The molecule has 0 aliphatic heterocycles. The number of hydrogen-bond acceptors (Lipinski definition) is 4. The standard InChI is InChI=1S/C10H11FN4OS/c11-6-1-2-7-8(5-6)17-10(15-7)14-4-3-13-9(12)16/h1-2,5H,3-4H2,(H,14,15)(H3,12,13,16). The van der Waals surface area contributed by atoms with Crippen molar-refractivity contribution in [3.05, 3.63) is 24.0 Å². The van der Waals surface area contributed by atoms with Crippen LogP contribution in [0, 0.1) is 5.82 Å². The second-order valence-electron chi connectivity index (χ2n) is 3.35. The van der Waals surface area contributed by atoms with Crippen LogP contribution < -0.4 is 16.4 Å². The monoisotopic (exact) mass is 254 g/mol. The smallest absolute Gasteiger partial charge is 0.312 e. The molecule has 0 aliphatic rings. The van der Waals surface area contributed by atoms with Gasteiger partial charge in [0.25, 0.3) is 0 Å². The molecule has 7 heteroatoms. The first-order valence-electron chi connectivity index (χ1n) is 4.98. The van der Waals surface area contributed by atoms with Crippen molar-refractivity contribution in [1.82, 2.24) is 10.3 Å². The van der Waals surface area contributed by atoms with Gasteiger partial charge in [0, 0.05) is 13.1 Å². The van der Waals surface area contributed by atoms with E-state index in [1.807, 2.05) is 0 Å². The average Bonchev–Trinajstić information content (AvgIpc) is 2.66. The third kappa shape index (κ3) is 3.04. The molecular weight excluding hydrogens is 243 g/mol. The van der Waals surface area contributed by atoms with Gasteiger partial charge in [-0.25, -0.2) is 14.2 Å². The molecule has 2 amide bonds. The Morgan fingerprint density at radius 1 is 1.47 bits per heavy atom. The number of anilines is 1. The zero-order valence-corrected chi connectivity index (χ0v) is 9.68. The van der Waals surface area contributed by atoms with Crippen LogP contribution in [-0.4, -0.2) is 24.1 Å². The molecule has 0 aliphatic carbocycles. The van der Waals surface area contributed by atoms with E-state index >= 15 is 0 Å². The van der Waals surface area contributed by atoms with Crippen LogP contribution in [0.1, 0.15) is 0 Å². The lowest BCUT2D eigenvalue weighted by molar-refractivity contribution is 0.249. The number of rotatable bonds is 4. The Balaban J connectivity index is 1.97. The lowest BCUT2D eigenvalue weighted by atomic mass is 10.3. The summed E-state index contributed by atoms with van der Waals surface area (Å²) >= 11 is 1.36. The molecule has 1 heterocycles. The normalized spacial score (nSPS) is 10.4. The van der Waals surface area contributed by atoms with Crippen LogP contribution >= 0.6 is 11.3 Å². The number of carbonyl (C=O) groups excluding carboxylic acids is 1. The summed E-state index contributed by atoms with van der Waals surface area (Å²) in [5.74, 6) is -0.275. The van der Waals surface area contributed by atoms with Crippen LogP contribution in [-0.2, 0) is 0 Å². The Labute approximate surface area is 101 Å². The van der Waals surface area contributed by atoms with Crippen molar-refractivity contribution in [2.45, 2.75) is 0 Å². The zero-order chi connectivity index (χ0) is 12.3. The van der Waals surface area contributed by atoms with E-state index in [2.05, 4.69) is 15.6 Å². The molecule has 1 aromatic carbocycles. The number of amides is 2. The van der Waals surface area contributed by atoms with Crippen molar-refractivity contribution in [1.29, 1.82) is 0 Å². The van der Waals surface area contributed by atoms with E-state index in [0.29, 0.717) is 18.2 Å². The summed E-state index contributed by atoms with van der Waals surface area (Å²) < 4.78 is 13.7. The van der Waals surface area contributed by atoms with Crippen molar-refractivity contribution in [3.8, 4) is 0 Å². The molecule has 1 aromatic heterocycles. The molecule has 0 saturated carbocycles. The molecule has 0 unspecified atom stereocenters. The van der Waals surface area contributed by atoms with Gasteiger partial charge in [0.2, 0.25) is 0 Å². The zero-order valence-electron chi connectivity index (χ0n) is 8.87. The molecule has 0 bridgehead atoms. The number of primary amides is 1. The minimum Gasteiger partial charge on any atom is -0.360 e. The van der Waals surface area contributed by atoms with E-state index in [4.69, 9.17) is 5.73 Å². The summed E-state index contributed by atoms with van der Waals surface area (Å²) in [4.78, 5) is 14.7. The maximum atomic E-state index is 12.9. The van der Waals surface area contributed by atoms with Gasteiger partial charge in [0.05, 0.1) is 10.2 Å². The third-order valence-corrected chi connectivity index (χ3v) is 3.03. The predicted molar refractivity (Wildman–Crippen MR) is 65.7 cm³/mol. The Hall–Kier alpha value is -1.89. The number of nitrogens with zero attached hydrogens (tertiary/aromatic N) is 1. The lowest BCUT2D eigenvalue weighted by Crippen LogP contribution is -2.33. The maximum absolute atomic E-state index is 12.9. The van der Waals surface area contributed by atoms with Gasteiger partial charge < -0.3 is 16.4 Å². The highest BCUT2D eigenvalue weighted by molar-refractivity contribution is 7.22. The van der Waals surface area contributed by atoms with Gasteiger partial charge in [-0.05, 0) is 18.2 Å². The van der Waals surface area contributed by atoms with E-state index in [1.54, 1.807) is 6.07 Å². The summed E-state index contributed by atoms with van der Waals surface area (Å²) in [5, 5.41) is 6.17. The summed E-state index contributed by atoms with van der Waals surface area (Å²) in [6.45, 7) is 0.935. The molecule has 0 saturated heterocycles. The third-order valence-electron chi connectivity index (χ3n) is 2.05. The molecule has 2 aromatic rings. The van der Waals surface area contributed by atoms with Gasteiger partial charge in [-0.2, -0.15) is 0 Å². The number of halogens is 1. The first-order chi connectivity index (χ1) is 8.15. The second kappa shape index (κ2) is 4.96. The van der Waals surface area contributed by atoms with Crippen molar-refractivity contribution >= 4 is 32.7 Å². The molecule has 17 heavy (non-hydrogen) atoms. The Morgan fingerprint density at radius 3 is 3.06 bits per heavy atom. The number of carbonyl (C=O) groups is 1. The minimum atomic E-state index is -0.557. The number of thiazole rings is 1. The Bertz CT molecular complexity index is 542. The molecule has 0 atom stereocenters. The first-order valence-corrected chi connectivity index (χ1v) is 5.80. The van der Waals surface area contributed by atoms with Crippen LogP contribution in [0.4, 0.5) is 14.3 Å². The van der Waals surface area contributed by atoms with E-state index in [0.717, 1.165) is 10.2 Å². The molecule has 90 valence electrons. The van der Waals surface area contributed by atoms with Crippen molar-refractivity contribution < 1.29 is 9.18 Å². The summed E-state index contributed by atoms with van der Waals surface area (Å²) in [7, 11) is 0. The van der Waals surface area contributed by atoms with E-state index in [9.17, 15) is 9.18 Å². The second-order valence-corrected chi connectivity index (χ2v) is 4.38. The van der Waals surface area contributed by atoms with Crippen LogP contribution in [0.2, 0.25) is 0 Å². The SMILES string of the molecule is NC(=O)NCCNc1nc2ccc(F)cc2s1. The number of urea groups is 1. The summed E-state index contributed by atoms with van der Waals surface area (Å²) in [6, 6.07) is 3.90. The van der Waals surface area contributed by atoms with Gasteiger partial charge in [0.15, 0.2) is 5.13 Å². The number of benzene rings is 1. The Kier molecular flexibility index (Phi) is 3.38. The molecule has 5 nitrogen and oxygen atoms in total. The quantitative estimate of drug-likeness (QED) is 0.724. The van der Waals surface area contributed by atoms with Gasteiger partial charge in [-0.1, -0.05) is 11.3 Å². The van der Waals surface area contributed by atoms with Crippen LogP contribution in [0.5, 0.6) is 0 Å². The van der Waals surface area contributed by atoms with Gasteiger partial charge >= 0.3 is 6.03 Å². The fraction of sp³-hybridized carbons (Fsp3) is 0.200. The van der Waals surface area contributed by atoms with Crippen LogP contribution in [0.25, 0.3) is 10.2 Å². The maximum Gasteiger partial charge on any atom is 0.312 e. The van der Waals surface area contributed by atoms with Gasteiger partial charge in [0.1, 0.15) is 5.82 Å². The Morgan fingerprint density at radius 2 is 2.29 bits per heavy atom. The predicted octanol–water partition coefficient (Wildman–Crippen LogP) is 1.52.